The summed E-state index contributed by atoms with van der Waals surface area (Å²) in [6.45, 7) is 7.16. The van der Waals surface area contributed by atoms with E-state index in [0.717, 1.165) is 16.6 Å². The molecule has 0 saturated heterocycles. The second-order valence-electron chi connectivity index (χ2n) is 4.96. The van der Waals surface area contributed by atoms with Crippen LogP contribution in [0.3, 0.4) is 0 Å². The summed E-state index contributed by atoms with van der Waals surface area (Å²) in [6, 6.07) is 4.18. The van der Waals surface area contributed by atoms with Gasteiger partial charge in [-0.05, 0) is 36.5 Å². The molecule has 88 valence electrons. The lowest BCUT2D eigenvalue weighted by molar-refractivity contribution is 0.328. The fourth-order valence-corrected chi connectivity index (χ4v) is 3.29. The average Bonchev–Trinajstić information content (AvgIpc) is 2.43. The topological polar surface area (TPSA) is 35.2 Å². The van der Waals surface area contributed by atoms with Gasteiger partial charge in [-0.2, -0.15) is 0 Å². The predicted octanol–water partition coefficient (Wildman–Crippen LogP) is 3.53. The first-order valence-electron chi connectivity index (χ1n) is 5.68. The number of nitrogens with two attached hydrogens (primary N) is 1. The van der Waals surface area contributed by atoms with Crippen LogP contribution in [0.15, 0.2) is 16.6 Å². The molecule has 0 fully saturated rings. The van der Waals surface area contributed by atoms with Gasteiger partial charge in [-0.3, -0.25) is 0 Å². The summed E-state index contributed by atoms with van der Waals surface area (Å²) in [5, 5.41) is 0. The van der Waals surface area contributed by atoms with Gasteiger partial charge in [0.1, 0.15) is 5.75 Å². The van der Waals surface area contributed by atoms with Crippen molar-refractivity contribution in [2.45, 2.75) is 38.6 Å². The van der Waals surface area contributed by atoms with Gasteiger partial charge in [-0.25, -0.2) is 0 Å². The van der Waals surface area contributed by atoms with E-state index in [1.165, 1.54) is 11.1 Å². The molecule has 0 saturated carbocycles. The Hall–Kier alpha value is -0.540. The molecule has 1 aromatic carbocycles. The van der Waals surface area contributed by atoms with Crippen LogP contribution in [0.5, 0.6) is 5.75 Å². The zero-order valence-electron chi connectivity index (χ0n) is 10.0. The van der Waals surface area contributed by atoms with Gasteiger partial charge in [-0.1, -0.05) is 29.8 Å². The van der Waals surface area contributed by atoms with Gasteiger partial charge >= 0.3 is 0 Å². The number of rotatable bonds is 2. The van der Waals surface area contributed by atoms with Crippen LogP contribution < -0.4 is 10.5 Å². The number of fused-ring (bicyclic) bond motifs is 1. The Bertz CT molecular complexity index is 415. The fourth-order valence-electron chi connectivity index (χ4n) is 2.66. The molecule has 2 rings (SSSR count). The van der Waals surface area contributed by atoms with Crippen molar-refractivity contribution in [1.29, 1.82) is 0 Å². The van der Waals surface area contributed by atoms with E-state index in [4.69, 9.17) is 10.5 Å². The monoisotopic (exact) mass is 283 g/mol. The standard InChI is InChI=1S/C13H18BrNO/c1-4-16-10-6-5-8(14)11-9(15)7-13(2,3)12(10)11/h5-6,9H,4,7,15H2,1-3H3. The lowest BCUT2D eigenvalue weighted by Crippen LogP contribution is -2.15. The summed E-state index contributed by atoms with van der Waals surface area (Å²) < 4.78 is 6.81. The van der Waals surface area contributed by atoms with Crippen molar-refractivity contribution >= 4 is 15.9 Å². The van der Waals surface area contributed by atoms with Gasteiger partial charge in [-0.15, -0.1) is 0 Å². The normalized spacial score (nSPS) is 21.9. The van der Waals surface area contributed by atoms with Crippen LogP contribution in [0.25, 0.3) is 0 Å². The SMILES string of the molecule is CCOc1ccc(Br)c2c1C(C)(C)CC2N. The molecule has 0 radical (unpaired) electrons. The Morgan fingerprint density at radius 3 is 2.81 bits per heavy atom. The van der Waals surface area contributed by atoms with E-state index in [1.807, 2.05) is 19.1 Å². The molecular formula is C13H18BrNO. The molecule has 1 unspecified atom stereocenters. The van der Waals surface area contributed by atoms with E-state index in [1.54, 1.807) is 0 Å². The summed E-state index contributed by atoms with van der Waals surface area (Å²) in [6.07, 6.45) is 0.977. The van der Waals surface area contributed by atoms with Crippen molar-refractivity contribution in [2.24, 2.45) is 5.73 Å². The smallest absolute Gasteiger partial charge is 0.123 e. The van der Waals surface area contributed by atoms with Gasteiger partial charge in [0, 0.05) is 16.1 Å². The lowest BCUT2D eigenvalue weighted by Gasteiger charge is -2.22. The molecule has 0 aliphatic heterocycles. The average molecular weight is 284 g/mol. The van der Waals surface area contributed by atoms with Crippen LogP contribution in [0.2, 0.25) is 0 Å². The highest BCUT2D eigenvalue weighted by atomic mass is 79.9. The van der Waals surface area contributed by atoms with Crippen molar-refractivity contribution in [3.63, 3.8) is 0 Å². The molecule has 0 spiro atoms. The van der Waals surface area contributed by atoms with Gasteiger partial charge in [0.25, 0.3) is 0 Å². The van der Waals surface area contributed by atoms with E-state index in [9.17, 15) is 0 Å². The summed E-state index contributed by atoms with van der Waals surface area (Å²) in [4.78, 5) is 0. The maximum absolute atomic E-state index is 6.20. The van der Waals surface area contributed by atoms with Crippen LogP contribution in [-0.2, 0) is 5.41 Å². The molecule has 1 aliphatic carbocycles. The largest absolute Gasteiger partial charge is 0.494 e. The van der Waals surface area contributed by atoms with E-state index < -0.39 is 0 Å². The lowest BCUT2D eigenvalue weighted by atomic mass is 9.86. The Labute approximate surface area is 105 Å². The van der Waals surface area contributed by atoms with Crippen LogP contribution in [0.4, 0.5) is 0 Å². The van der Waals surface area contributed by atoms with Crippen LogP contribution in [-0.4, -0.2) is 6.61 Å². The van der Waals surface area contributed by atoms with Crippen LogP contribution >= 0.6 is 15.9 Å². The molecule has 1 aliphatic rings. The molecule has 3 heteroatoms. The highest BCUT2D eigenvalue weighted by Gasteiger charge is 2.39. The van der Waals surface area contributed by atoms with Crippen molar-refractivity contribution in [2.75, 3.05) is 6.61 Å². The number of ether oxygens (including phenoxy) is 1. The molecule has 0 amide bonds. The van der Waals surface area contributed by atoms with Crippen molar-refractivity contribution in [3.8, 4) is 5.75 Å². The fraction of sp³-hybridized carbons (Fsp3) is 0.538. The molecule has 1 atom stereocenters. The molecule has 2 N–H and O–H groups in total. The Morgan fingerprint density at radius 1 is 1.50 bits per heavy atom. The Kier molecular flexibility index (Phi) is 3.01. The minimum absolute atomic E-state index is 0.100. The van der Waals surface area contributed by atoms with Crippen molar-refractivity contribution < 1.29 is 4.74 Å². The molecule has 0 heterocycles. The number of hydrogen-bond donors (Lipinski definition) is 1. The minimum Gasteiger partial charge on any atom is -0.494 e. The Balaban J connectivity index is 2.62. The predicted molar refractivity (Wildman–Crippen MR) is 69.9 cm³/mol. The zero-order chi connectivity index (χ0) is 11.9. The third kappa shape index (κ3) is 1.76. The van der Waals surface area contributed by atoms with E-state index in [0.29, 0.717) is 6.61 Å². The molecule has 0 bridgehead atoms. The molecule has 0 aromatic heterocycles. The summed E-state index contributed by atoms with van der Waals surface area (Å²) in [5.74, 6) is 0.985. The number of halogens is 1. The van der Waals surface area contributed by atoms with Crippen LogP contribution in [0, 0.1) is 0 Å². The zero-order valence-corrected chi connectivity index (χ0v) is 11.6. The molecule has 2 nitrogen and oxygen atoms in total. The summed E-state index contributed by atoms with van der Waals surface area (Å²) in [5.41, 5.74) is 8.80. The van der Waals surface area contributed by atoms with E-state index in [-0.39, 0.29) is 11.5 Å². The van der Waals surface area contributed by atoms with E-state index in [2.05, 4.69) is 29.8 Å². The van der Waals surface area contributed by atoms with Gasteiger partial charge in [0.2, 0.25) is 0 Å². The number of benzene rings is 1. The van der Waals surface area contributed by atoms with Gasteiger partial charge in [0.15, 0.2) is 0 Å². The summed E-state index contributed by atoms with van der Waals surface area (Å²) >= 11 is 3.59. The highest BCUT2D eigenvalue weighted by molar-refractivity contribution is 9.10. The number of hydrogen-bond acceptors (Lipinski definition) is 2. The maximum atomic E-state index is 6.20. The second-order valence-corrected chi connectivity index (χ2v) is 5.82. The third-order valence-electron chi connectivity index (χ3n) is 3.23. The quantitative estimate of drug-likeness (QED) is 0.901. The second kappa shape index (κ2) is 4.04. The summed E-state index contributed by atoms with van der Waals surface area (Å²) in [7, 11) is 0. The maximum Gasteiger partial charge on any atom is 0.123 e. The first-order chi connectivity index (χ1) is 7.47. The Morgan fingerprint density at radius 2 is 2.19 bits per heavy atom. The van der Waals surface area contributed by atoms with Gasteiger partial charge < -0.3 is 10.5 Å². The minimum atomic E-state index is 0.100. The first kappa shape index (κ1) is 11.9. The van der Waals surface area contributed by atoms with Crippen molar-refractivity contribution in [1.82, 2.24) is 0 Å². The van der Waals surface area contributed by atoms with Gasteiger partial charge in [0.05, 0.1) is 6.61 Å². The molecule has 1 aromatic rings. The third-order valence-corrected chi connectivity index (χ3v) is 3.92. The highest BCUT2D eigenvalue weighted by Crippen LogP contribution is 2.50. The molecular weight excluding hydrogens is 266 g/mol. The molecule has 16 heavy (non-hydrogen) atoms. The van der Waals surface area contributed by atoms with Crippen LogP contribution in [0.1, 0.15) is 44.4 Å². The first-order valence-corrected chi connectivity index (χ1v) is 6.48. The van der Waals surface area contributed by atoms with Crippen molar-refractivity contribution in [3.05, 3.63) is 27.7 Å². The van der Waals surface area contributed by atoms with E-state index >= 15 is 0 Å².